The fourth-order valence-corrected chi connectivity index (χ4v) is 1.21. The van der Waals surface area contributed by atoms with Crippen LogP contribution in [0.1, 0.15) is 42.3 Å². The van der Waals surface area contributed by atoms with Gasteiger partial charge >= 0.3 is 11.9 Å². The van der Waals surface area contributed by atoms with E-state index in [9.17, 15) is 9.59 Å². The Kier molecular flexibility index (Phi) is 11.9. The Bertz CT molecular complexity index is 646. The molecule has 8 heteroatoms. The molecule has 0 saturated heterocycles. The average Bonchev–Trinajstić information content (AvgIpc) is 2.57. The first-order valence-electron chi connectivity index (χ1n) is 6.57. The number of hydrogen-bond donors (Lipinski definition) is 3. The van der Waals surface area contributed by atoms with Crippen molar-refractivity contribution in [2.24, 2.45) is 0 Å². The highest BCUT2D eigenvalue weighted by Gasteiger charge is 2.10. The molecule has 0 radical (unpaired) electrons. The molecule has 0 aliphatic rings. The lowest BCUT2D eigenvalue weighted by Crippen LogP contribution is -2.03. The number of esters is 1. The Morgan fingerprint density at radius 1 is 0.958 bits per heavy atom. The number of aromatic carboxylic acids is 1. The number of aromatic nitrogens is 2. The molecule has 8 nitrogen and oxygen atoms in total. The molecule has 24 heavy (non-hydrogen) atoms. The predicted octanol–water partition coefficient (Wildman–Crippen LogP) is 2.72. The summed E-state index contributed by atoms with van der Waals surface area (Å²) >= 11 is 0. The summed E-state index contributed by atoms with van der Waals surface area (Å²) in [5.41, 5.74) is -0.377. The molecule has 2 aromatic rings. The number of ether oxygens (including phenoxy) is 1. The second-order valence-corrected chi connectivity index (χ2v) is 3.54. The van der Waals surface area contributed by atoms with E-state index in [2.05, 4.69) is 14.7 Å². The number of methoxy groups -OCH3 is 1. The Morgan fingerprint density at radius 3 is 1.67 bits per heavy atom. The van der Waals surface area contributed by atoms with Gasteiger partial charge in [-0.3, -0.25) is 0 Å². The van der Waals surface area contributed by atoms with Gasteiger partial charge in [-0.15, -0.1) is 0 Å². The third kappa shape index (κ3) is 7.21. The summed E-state index contributed by atoms with van der Waals surface area (Å²) in [6, 6.07) is 5.64. The number of carboxylic acids is 1. The van der Waals surface area contributed by atoms with Gasteiger partial charge in [0.2, 0.25) is 0 Å². The number of rotatable bonds is 2. The van der Waals surface area contributed by atoms with Gasteiger partial charge in [0, 0.05) is 12.4 Å². The molecule has 0 amide bonds. The number of carboxylic acid groups (broad SMARTS) is 1. The minimum absolute atomic E-state index is 0. The quantitative estimate of drug-likeness (QED) is 0.713. The molecule has 2 aromatic heterocycles. The summed E-state index contributed by atoms with van der Waals surface area (Å²) in [6.07, 6.45) is 2.72. The van der Waals surface area contributed by atoms with E-state index in [1.807, 2.05) is 13.8 Å². The highest BCUT2D eigenvalue weighted by molar-refractivity contribution is 5.89. The molecule has 0 fully saturated rings. The van der Waals surface area contributed by atoms with Gasteiger partial charge in [0.25, 0.3) is 0 Å². The monoisotopic (exact) mass is 338 g/mol. The summed E-state index contributed by atoms with van der Waals surface area (Å²) in [5, 5.41) is 26.2. The van der Waals surface area contributed by atoms with E-state index in [4.69, 9.17) is 15.3 Å². The van der Waals surface area contributed by atoms with E-state index < -0.39 is 11.9 Å². The normalized spacial score (nSPS) is 8.29. The fraction of sp³-hybridized carbons (Fsp3) is 0.250. The van der Waals surface area contributed by atoms with E-state index in [1.165, 1.54) is 43.8 Å². The third-order valence-electron chi connectivity index (χ3n) is 2.15. The number of nitrogens with zero attached hydrogens (tertiary/aromatic N) is 2. The van der Waals surface area contributed by atoms with Crippen molar-refractivity contribution in [1.82, 2.24) is 9.97 Å². The Hall–Kier alpha value is -3.16. The zero-order chi connectivity index (χ0) is 17.8. The van der Waals surface area contributed by atoms with Crippen molar-refractivity contribution in [3.8, 4) is 11.5 Å². The number of hydrogen-bond acceptors (Lipinski definition) is 7. The first kappa shape index (κ1) is 23.1. The molecule has 0 aliphatic carbocycles. The summed E-state index contributed by atoms with van der Waals surface area (Å²) in [6.45, 7) is 4.00. The van der Waals surface area contributed by atoms with Gasteiger partial charge in [-0.1, -0.05) is 21.3 Å². The van der Waals surface area contributed by atoms with E-state index >= 15 is 0 Å². The zero-order valence-corrected chi connectivity index (χ0v) is 12.9. The second-order valence-electron chi connectivity index (χ2n) is 3.54. The number of aromatic hydroxyl groups is 2. The molecule has 0 atom stereocenters. The average molecular weight is 338 g/mol. The van der Waals surface area contributed by atoms with Crippen LogP contribution in [0.4, 0.5) is 0 Å². The van der Waals surface area contributed by atoms with Gasteiger partial charge in [-0.2, -0.15) is 0 Å². The molecule has 2 heterocycles. The van der Waals surface area contributed by atoms with Crippen LogP contribution < -0.4 is 0 Å². The number of carbonyl (C=O) groups excluding carboxylic acids is 1. The molecular weight excluding hydrogens is 316 g/mol. The molecule has 0 bridgehead atoms. The van der Waals surface area contributed by atoms with E-state index in [0.717, 1.165) is 0 Å². The first-order valence-corrected chi connectivity index (χ1v) is 6.57. The SMILES string of the molecule is C.CC.COC(=O)c1ncccc1O.O=C(O)c1ncccc1O. The van der Waals surface area contributed by atoms with Crippen molar-refractivity contribution in [2.45, 2.75) is 21.3 Å². The third-order valence-corrected chi connectivity index (χ3v) is 2.15. The maximum atomic E-state index is 10.8. The molecule has 132 valence electrons. The van der Waals surface area contributed by atoms with Crippen LogP contribution in [0, 0.1) is 0 Å². The topological polar surface area (TPSA) is 130 Å². The molecule has 0 saturated carbocycles. The molecular formula is C16H22N2O6. The smallest absolute Gasteiger partial charge is 0.360 e. The number of carbonyl (C=O) groups is 2. The van der Waals surface area contributed by atoms with Gasteiger partial charge < -0.3 is 20.1 Å². The Labute approximate surface area is 140 Å². The number of pyridine rings is 2. The minimum atomic E-state index is -1.22. The van der Waals surface area contributed by atoms with Crippen LogP contribution in [0.5, 0.6) is 11.5 Å². The summed E-state index contributed by atoms with van der Waals surface area (Å²) in [7, 11) is 1.23. The lowest BCUT2D eigenvalue weighted by molar-refractivity contribution is 0.0589. The van der Waals surface area contributed by atoms with Crippen LogP contribution in [0.2, 0.25) is 0 Å². The van der Waals surface area contributed by atoms with Crippen molar-refractivity contribution in [3.05, 3.63) is 48.0 Å². The summed E-state index contributed by atoms with van der Waals surface area (Å²) in [5.74, 6) is -2.34. The zero-order valence-electron chi connectivity index (χ0n) is 12.9. The second kappa shape index (κ2) is 12.4. The van der Waals surface area contributed by atoms with Gasteiger partial charge in [-0.05, 0) is 24.3 Å². The lowest BCUT2D eigenvalue weighted by Gasteiger charge is -1.98. The molecule has 2 rings (SSSR count). The summed E-state index contributed by atoms with van der Waals surface area (Å²) < 4.78 is 4.36. The molecule has 0 aromatic carbocycles. The van der Waals surface area contributed by atoms with Crippen molar-refractivity contribution in [1.29, 1.82) is 0 Å². The van der Waals surface area contributed by atoms with Crippen molar-refractivity contribution >= 4 is 11.9 Å². The largest absolute Gasteiger partial charge is 0.505 e. The summed E-state index contributed by atoms with van der Waals surface area (Å²) in [4.78, 5) is 28.0. The minimum Gasteiger partial charge on any atom is -0.505 e. The van der Waals surface area contributed by atoms with Gasteiger partial charge in [0.05, 0.1) is 7.11 Å². The Balaban J connectivity index is 0. The van der Waals surface area contributed by atoms with Crippen LogP contribution in [-0.4, -0.2) is 44.3 Å². The maximum Gasteiger partial charge on any atom is 0.360 e. The van der Waals surface area contributed by atoms with Crippen LogP contribution >= 0.6 is 0 Å². The van der Waals surface area contributed by atoms with Crippen molar-refractivity contribution < 1.29 is 29.6 Å². The van der Waals surface area contributed by atoms with Crippen molar-refractivity contribution in [2.75, 3.05) is 7.11 Å². The highest BCUT2D eigenvalue weighted by atomic mass is 16.5. The van der Waals surface area contributed by atoms with Crippen LogP contribution in [0.3, 0.4) is 0 Å². The molecule has 0 aliphatic heterocycles. The van der Waals surface area contributed by atoms with Crippen molar-refractivity contribution in [3.63, 3.8) is 0 Å². The highest BCUT2D eigenvalue weighted by Crippen LogP contribution is 2.12. The standard InChI is InChI=1S/C7H7NO3.C6H5NO3.C2H6.CH4/c1-11-7(10)6-5(9)3-2-4-8-6;8-4-2-1-3-7-5(4)6(9)10;1-2;/h2-4,9H,1H3;1-3,8H,(H,9,10);1-2H3;1H4. The van der Waals surface area contributed by atoms with E-state index in [0.29, 0.717) is 0 Å². The first-order chi connectivity index (χ1) is 11.0. The van der Waals surface area contributed by atoms with Crippen LogP contribution in [0.25, 0.3) is 0 Å². The van der Waals surface area contributed by atoms with Gasteiger partial charge in [0.1, 0.15) is 11.5 Å². The predicted molar refractivity (Wildman–Crippen MR) is 88.2 cm³/mol. The van der Waals surface area contributed by atoms with E-state index in [1.54, 1.807) is 0 Å². The van der Waals surface area contributed by atoms with E-state index in [-0.39, 0.29) is 30.3 Å². The van der Waals surface area contributed by atoms with Crippen LogP contribution in [-0.2, 0) is 4.74 Å². The molecule has 0 unspecified atom stereocenters. The van der Waals surface area contributed by atoms with Crippen LogP contribution in [0.15, 0.2) is 36.7 Å². The molecule has 0 spiro atoms. The molecule has 3 N–H and O–H groups in total. The maximum absolute atomic E-state index is 10.8. The van der Waals surface area contributed by atoms with Gasteiger partial charge in [0.15, 0.2) is 11.4 Å². The Morgan fingerprint density at radius 2 is 1.38 bits per heavy atom. The van der Waals surface area contributed by atoms with Gasteiger partial charge in [-0.25, -0.2) is 19.6 Å². The fourth-order valence-electron chi connectivity index (χ4n) is 1.21. The lowest BCUT2D eigenvalue weighted by atomic mass is 10.3.